The predicted molar refractivity (Wildman–Crippen MR) is 83.5 cm³/mol. The van der Waals surface area contributed by atoms with Gasteiger partial charge in [-0.25, -0.2) is 13.1 Å². The molecule has 1 aromatic heterocycles. The van der Waals surface area contributed by atoms with Crippen molar-refractivity contribution in [2.75, 3.05) is 26.8 Å². The van der Waals surface area contributed by atoms with E-state index in [1.807, 2.05) is 0 Å². The maximum absolute atomic E-state index is 12.2. The number of nitrogens with zero attached hydrogens (tertiary/aromatic N) is 1. The summed E-state index contributed by atoms with van der Waals surface area (Å²) in [6.45, 7) is 1.60. The van der Waals surface area contributed by atoms with Crippen LogP contribution in [0.25, 0.3) is 0 Å². The number of nitrogens with one attached hydrogen (secondary N) is 2. The van der Waals surface area contributed by atoms with Crippen molar-refractivity contribution in [1.29, 1.82) is 0 Å². The van der Waals surface area contributed by atoms with Gasteiger partial charge in [-0.15, -0.1) is 12.4 Å². The highest BCUT2D eigenvalue weighted by molar-refractivity contribution is 7.89. The van der Waals surface area contributed by atoms with Crippen LogP contribution in [-0.4, -0.2) is 45.7 Å². The molecule has 0 spiro atoms. The van der Waals surface area contributed by atoms with E-state index in [-0.39, 0.29) is 29.4 Å². The summed E-state index contributed by atoms with van der Waals surface area (Å²) in [6.07, 6.45) is 4.55. The Morgan fingerprint density at radius 2 is 2.29 bits per heavy atom. The Morgan fingerprint density at radius 1 is 1.52 bits per heavy atom. The van der Waals surface area contributed by atoms with Gasteiger partial charge in [0.2, 0.25) is 10.0 Å². The molecule has 0 saturated carbocycles. The number of halogens is 2. The van der Waals surface area contributed by atoms with E-state index < -0.39 is 10.0 Å². The molecule has 0 aromatic carbocycles. The summed E-state index contributed by atoms with van der Waals surface area (Å²) in [6, 6.07) is 1.38. The lowest BCUT2D eigenvalue weighted by Gasteiger charge is -2.28. The molecule has 6 nitrogen and oxygen atoms in total. The minimum atomic E-state index is -3.62. The number of pyridine rings is 1. The predicted octanol–water partition coefficient (Wildman–Crippen LogP) is 1.20. The summed E-state index contributed by atoms with van der Waals surface area (Å²) in [7, 11) is -2.01. The first-order valence-corrected chi connectivity index (χ1v) is 8.18. The lowest BCUT2D eigenvalue weighted by Crippen LogP contribution is -2.52. The lowest BCUT2D eigenvalue weighted by atomic mass is 9.99. The molecule has 1 aliphatic heterocycles. The summed E-state index contributed by atoms with van der Waals surface area (Å²) in [5.41, 5.74) is -0.339. The second-order valence-corrected chi connectivity index (χ2v) is 7.11. The van der Waals surface area contributed by atoms with Crippen molar-refractivity contribution in [3.05, 3.63) is 23.5 Å². The molecule has 0 amide bonds. The van der Waals surface area contributed by atoms with E-state index in [0.29, 0.717) is 11.6 Å². The number of sulfonamides is 1. The van der Waals surface area contributed by atoms with Gasteiger partial charge in [0, 0.05) is 26.0 Å². The van der Waals surface area contributed by atoms with Crippen LogP contribution in [0, 0.1) is 0 Å². The van der Waals surface area contributed by atoms with E-state index in [1.54, 1.807) is 7.11 Å². The van der Waals surface area contributed by atoms with Crippen LogP contribution in [0.4, 0.5) is 0 Å². The van der Waals surface area contributed by atoms with Crippen LogP contribution in [0.15, 0.2) is 23.4 Å². The third kappa shape index (κ3) is 4.77. The second-order valence-electron chi connectivity index (χ2n) is 4.91. The van der Waals surface area contributed by atoms with Crippen LogP contribution < -0.4 is 10.0 Å². The molecule has 2 heterocycles. The van der Waals surface area contributed by atoms with Gasteiger partial charge in [0.25, 0.3) is 0 Å². The van der Waals surface area contributed by atoms with Crippen molar-refractivity contribution < 1.29 is 13.2 Å². The monoisotopic (exact) mass is 355 g/mol. The topological polar surface area (TPSA) is 80.3 Å². The molecule has 9 heteroatoms. The van der Waals surface area contributed by atoms with E-state index in [2.05, 4.69) is 15.0 Å². The zero-order chi connectivity index (χ0) is 14.6. The van der Waals surface area contributed by atoms with E-state index in [4.69, 9.17) is 16.3 Å². The zero-order valence-electron chi connectivity index (χ0n) is 11.6. The summed E-state index contributed by atoms with van der Waals surface area (Å²) in [4.78, 5) is 3.86. The number of hydrogen-bond donors (Lipinski definition) is 2. The molecule has 1 fully saturated rings. The Kier molecular flexibility index (Phi) is 6.83. The normalized spacial score (nSPS) is 22.0. The molecule has 0 aliphatic carbocycles. The molecule has 0 bridgehead atoms. The van der Waals surface area contributed by atoms with Crippen molar-refractivity contribution in [3.8, 4) is 0 Å². The third-order valence-corrected chi connectivity index (χ3v) is 4.92. The van der Waals surface area contributed by atoms with Gasteiger partial charge in [0.05, 0.1) is 17.2 Å². The Morgan fingerprint density at radius 3 is 2.86 bits per heavy atom. The summed E-state index contributed by atoms with van der Waals surface area (Å²) >= 11 is 5.77. The molecule has 2 N–H and O–H groups in total. The van der Waals surface area contributed by atoms with Gasteiger partial charge in [-0.3, -0.25) is 4.98 Å². The molecule has 2 rings (SSSR count). The minimum absolute atomic E-state index is 0. The largest absolute Gasteiger partial charge is 0.383 e. The van der Waals surface area contributed by atoms with Crippen molar-refractivity contribution in [1.82, 2.24) is 15.0 Å². The highest BCUT2D eigenvalue weighted by atomic mass is 35.5. The Balaban J connectivity index is 0.00000220. The highest BCUT2D eigenvalue weighted by Crippen LogP contribution is 2.20. The average Bonchev–Trinajstić information content (AvgIpc) is 2.86. The molecule has 21 heavy (non-hydrogen) atoms. The first kappa shape index (κ1) is 18.6. The second kappa shape index (κ2) is 7.71. The van der Waals surface area contributed by atoms with Gasteiger partial charge in [-0.2, -0.15) is 0 Å². The molecular weight excluding hydrogens is 337 g/mol. The van der Waals surface area contributed by atoms with E-state index in [1.165, 1.54) is 18.5 Å². The molecule has 0 radical (unpaired) electrons. The van der Waals surface area contributed by atoms with E-state index >= 15 is 0 Å². The van der Waals surface area contributed by atoms with Crippen molar-refractivity contribution >= 4 is 34.0 Å². The molecule has 1 aromatic rings. The maximum atomic E-state index is 12.2. The minimum Gasteiger partial charge on any atom is -0.383 e. The maximum Gasteiger partial charge on any atom is 0.242 e. The molecule has 1 unspecified atom stereocenters. The lowest BCUT2D eigenvalue weighted by molar-refractivity contribution is 0.122. The summed E-state index contributed by atoms with van der Waals surface area (Å²) in [5.74, 6) is 0. The van der Waals surface area contributed by atoms with Gasteiger partial charge >= 0.3 is 0 Å². The highest BCUT2D eigenvalue weighted by Gasteiger charge is 2.34. The average molecular weight is 356 g/mol. The van der Waals surface area contributed by atoms with Crippen LogP contribution in [0.3, 0.4) is 0 Å². The molecule has 120 valence electrons. The van der Waals surface area contributed by atoms with Gasteiger partial charge in [-0.05, 0) is 25.5 Å². The standard InChI is InChI=1S/C12H18ClN3O3S.ClH/c1-19-9-12(3-2-4-15-12)8-16-20(17,18)11-5-10(13)6-14-7-11;/h5-7,15-16H,2-4,8-9H2,1H3;1H. The first-order valence-electron chi connectivity index (χ1n) is 6.32. The van der Waals surface area contributed by atoms with E-state index in [0.717, 1.165) is 19.4 Å². The van der Waals surface area contributed by atoms with Crippen LogP contribution >= 0.6 is 24.0 Å². The van der Waals surface area contributed by atoms with Crippen molar-refractivity contribution in [2.24, 2.45) is 0 Å². The number of aromatic nitrogens is 1. The number of methoxy groups -OCH3 is 1. The molecular formula is C12H19Cl2N3O3S. The summed E-state index contributed by atoms with van der Waals surface area (Å²) in [5, 5.41) is 3.60. The Labute approximate surface area is 136 Å². The fourth-order valence-corrected chi connectivity index (χ4v) is 3.68. The van der Waals surface area contributed by atoms with Crippen LogP contribution in [0.1, 0.15) is 12.8 Å². The number of ether oxygens (including phenoxy) is 1. The SMILES string of the molecule is COCC1(CNS(=O)(=O)c2cncc(Cl)c2)CCCN1.Cl. The van der Waals surface area contributed by atoms with Crippen molar-refractivity contribution in [3.63, 3.8) is 0 Å². The molecule has 1 aliphatic rings. The third-order valence-electron chi connectivity index (χ3n) is 3.34. The Bertz CT molecular complexity index is 563. The van der Waals surface area contributed by atoms with Gasteiger partial charge < -0.3 is 10.1 Å². The van der Waals surface area contributed by atoms with Crippen molar-refractivity contribution in [2.45, 2.75) is 23.3 Å². The van der Waals surface area contributed by atoms with Gasteiger partial charge in [0.1, 0.15) is 4.90 Å². The molecule has 1 saturated heterocycles. The van der Waals surface area contributed by atoms with Crippen LogP contribution in [0.2, 0.25) is 5.02 Å². The Hall–Kier alpha value is -0.440. The summed E-state index contributed by atoms with van der Waals surface area (Å²) < 4.78 is 32.2. The number of rotatable bonds is 6. The van der Waals surface area contributed by atoms with Gasteiger partial charge in [-0.1, -0.05) is 11.6 Å². The zero-order valence-corrected chi connectivity index (χ0v) is 14.0. The quantitative estimate of drug-likeness (QED) is 0.801. The fraction of sp³-hybridized carbons (Fsp3) is 0.583. The van der Waals surface area contributed by atoms with Crippen LogP contribution in [0.5, 0.6) is 0 Å². The number of hydrogen-bond acceptors (Lipinski definition) is 5. The van der Waals surface area contributed by atoms with Crippen LogP contribution in [-0.2, 0) is 14.8 Å². The smallest absolute Gasteiger partial charge is 0.242 e. The van der Waals surface area contributed by atoms with E-state index in [9.17, 15) is 8.42 Å². The first-order chi connectivity index (χ1) is 9.47. The molecule has 1 atom stereocenters. The van der Waals surface area contributed by atoms with Gasteiger partial charge in [0.15, 0.2) is 0 Å². The fourth-order valence-electron chi connectivity index (χ4n) is 2.33.